The Morgan fingerprint density at radius 1 is 0.688 bits per heavy atom. The van der Waals surface area contributed by atoms with Crippen LogP contribution in [0.2, 0.25) is 0 Å². The van der Waals surface area contributed by atoms with Crippen molar-refractivity contribution >= 4 is 0 Å². The Morgan fingerprint density at radius 3 is 1.94 bits per heavy atom. The van der Waals surface area contributed by atoms with Crippen molar-refractivity contribution in [3.05, 3.63) is 0 Å². The summed E-state index contributed by atoms with van der Waals surface area (Å²) in [7, 11) is 0. The van der Waals surface area contributed by atoms with Gasteiger partial charge in [0.15, 0.2) is 0 Å². The van der Waals surface area contributed by atoms with Gasteiger partial charge < -0.3 is 5.32 Å². The first-order chi connectivity index (χ1) is 7.95. The Labute approximate surface area is 101 Å². The molecular weight excluding hydrogens is 194 g/mol. The largest absolute Gasteiger partial charge is 0.316 e. The molecule has 0 aliphatic heterocycles. The van der Waals surface area contributed by atoms with Crippen molar-refractivity contribution in [1.29, 1.82) is 0 Å². The summed E-state index contributed by atoms with van der Waals surface area (Å²) < 4.78 is 0. The van der Waals surface area contributed by atoms with Crippen LogP contribution in [-0.4, -0.2) is 13.1 Å². The van der Waals surface area contributed by atoms with Crippen molar-refractivity contribution in [2.75, 3.05) is 13.1 Å². The molecule has 0 aromatic rings. The zero-order chi connectivity index (χ0) is 11.1. The molecule has 2 saturated carbocycles. The third kappa shape index (κ3) is 4.45. The Balaban J connectivity index is 1.49. The molecule has 2 aliphatic carbocycles. The van der Waals surface area contributed by atoms with Crippen LogP contribution in [0.1, 0.15) is 70.6 Å². The van der Waals surface area contributed by atoms with Crippen LogP contribution >= 0.6 is 0 Å². The normalized spacial score (nSPS) is 24.8. The molecule has 0 radical (unpaired) electrons. The molecule has 0 aromatic carbocycles. The van der Waals surface area contributed by atoms with Gasteiger partial charge in [-0.25, -0.2) is 0 Å². The topological polar surface area (TPSA) is 12.0 Å². The van der Waals surface area contributed by atoms with Crippen LogP contribution in [0.25, 0.3) is 0 Å². The van der Waals surface area contributed by atoms with Gasteiger partial charge in [0.1, 0.15) is 0 Å². The minimum Gasteiger partial charge on any atom is -0.316 e. The van der Waals surface area contributed by atoms with Crippen LogP contribution in [0, 0.1) is 11.8 Å². The fraction of sp³-hybridized carbons (Fsp3) is 1.00. The monoisotopic (exact) mass is 223 g/mol. The molecular formula is C15H29N. The summed E-state index contributed by atoms with van der Waals surface area (Å²) in [5, 5.41) is 3.71. The second-order valence-electron chi connectivity index (χ2n) is 6.00. The Bertz CT molecular complexity index is 164. The van der Waals surface area contributed by atoms with Crippen LogP contribution in [-0.2, 0) is 0 Å². The fourth-order valence-electron chi connectivity index (χ4n) is 3.48. The molecule has 1 nitrogen and oxygen atoms in total. The zero-order valence-electron chi connectivity index (χ0n) is 10.8. The predicted octanol–water partition coefficient (Wildman–Crippen LogP) is 4.13. The minimum absolute atomic E-state index is 0.992. The summed E-state index contributed by atoms with van der Waals surface area (Å²) in [5.74, 6) is 2.05. The standard InChI is InChI=1S/C15H29N/c1-2-4-10-15(9-3-1)13-16-12-11-14-7-5-6-8-14/h14-16H,1-13H2. The first-order valence-corrected chi connectivity index (χ1v) is 7.66. The maximum Gasteiger partial charge on any atom is -0.00205 e. The van der Waals surface area contributed by atoms with Gasteiger partial charge in [-0.05, 0) is 44.2 Å². The van der Waals surface area contributed by atoms with Crippen LogP contribution < -0.4 is 5.32 Å². The highest BCUT2D eigenvalue weighted by Gasteiger charge is 2.15. The SMILES string of the molecule is C1CCCC(CNCCC2CCCC2)CC1. The summed E-state index contributed by atoms with van der Waals surface area (Å²) >= 11 is 0. The van der Waals surface area contributed by atoms with Crippen LogP contribution in [0.3, 0.4) is 0 Å². The summed E-state index contributed by atoms with van der Waals surface area (Å²) in [6.07, 6.45) is 16.3. The van der Waals surface area contributed by atoms with E-state index in [0.29, 0.717) is 0 Å². The quantitative estimate of drug-likeness (QED) is 0.546. The summed E-state index contributed by atoms with van der Waals surface area (Å²) in [4.78, 5) is 0. The van der Waals surface area contributed by atoms with Crippen molar-refractivity contribution in [3.8, 4) is 0 Å². The molecule has 0 atom stereocenters. The van der Waals surface area contributed by atoms with Gasteiger partial charge in [-0.1, -0.05) is 51.4 Å². The summed E-state index contributed by atoms with van der Waals surface area (Å²) in [5.41, 5.74) is 0. The first kappa shape index (κ1) is 12.4. The molecule has 0 aromatic heterocycles. The lowest BCUT2D eigenvalue weighted by Crippen LogP contribution is -2.24. The smallest absolute Gasteiger partial charge is 0.00205 e. The molecule has 2 rings (SSSR count). The van der Waals surface area contributed by atoms with Crippen molar-refractivity contribution < 1.29 is 0 Å². The van der Waals surface area contributed by atoms with Gasteiger partial charge in [-0.2, -0.15) is 0 Å². The van der Waals surface area contributed by atoms with Gasteiger partial charge in [0.25, 0.3) is 0 Å². The van der Waals surface area contributed by atoms with E-state index in [4.69, 9.17) is 0 Å². The molecule has 0 spiro atoms. The third-order valence-corrected chi connectivity index (χ3v) is 4.61. The van der Waals surface area contributed by atoms with E-state index in [1.807, 2.05) is 0 Å². The van der Waals surface area contributed by atoms with E-state index in [0.717, 1.165) is 11.8 Å². The van der Waals surface area contributed by atoms with Crippen LogP contribution in [0.5, 0.6) is 0 Å². The van der Waals surface area contributed by atoms with Gasteiger partial charge in [0, 0.05) is 0 Å². The molecule has 0 bridgehead atoms. The van der Waals surface area contributed by atoms with E-state index in [1.165, 1.54) is 83.7 Å². The van der Waals surface area contributed by atoms with Gasteiger partial charge in [0.05, 0.1) is 0 Å². The molecule has 0 heterocycles. The second-order valence-corrected chi connectivity index (χ2v) is 6.00. The highest BCUT2D eigenvalue weighted by atomic mass is 14.9. The number of nitrogens with one attached hydrogen (secondary N) is 1. The van der Waals surface area contributed by atoms with Gasteiger partial charge in [-0.3, -0.25) is 0 Å². The maximum atomic E-state index is 3.71. The van der Waals surface area contributed by atoms with Gasteiger partial charge in [0.2, 0.25) is 0 Å². The Morgan fingerprint density at radius 2 is 1.25 bits per heavy atom. The molecule has 16 heavy (non-hydrogen) atoms. The highest BCUT2D eigenvalue weighted by Crippen LogP contribution is 2.27. The van der Waals surface area contributed by atoms with E-state index in [1.54, 1.807) is 0 Å². The fourth-order valence-corrected chi connectivity index (χ4v) is 3.48. The van der Waals surface area contributed by atoms with Crippen molar-refractivity contribution in [2.24, 2.45) is 11.8 Å². The molecule has 1 N–H and O–H groups in total. The third-order valence-electron chi connectivity index (χ3n) is 4.61. The van der Waals surface area contributed by atoms with Crippen LogP contribution in [0.4, 0.5) is 0 Å². The average molecular weight is 223 g/mol. The lowest BCUT2D eigenvalue weighted by molar-refractivity contribution is 0.405. The molecule has 0 amide bonds. The molecule has 2 fully saturated rings. The molecule has 0 saturated heterocycles. The second kappa shape index (κ2) is 7.32. The number of hydrogen-bond acceptors (Lipinski definition) is 1. The van der Waals surface area contributed by atoms with Crippen molar-refractivity contribution in [1.82, 2.24) is 5.32 Å². The van der Waals surface area contributed by atoms with E-state index in [-0.39, 0.29) is 0 Å². The van der Waals surface area contributed by atoms with Gasteiger partial charge >= 0.3 is 0 Å². The summed E-state index contributed by atoms with van der Waals surface area (Å²) in [6, 6.07) is 0. The lowest BCUT2D eigenvalue weighted by atomic mass is 10.00. The molecule has 1 heteroatoms. The van der Waals surface area contributed by atoms with Crippen molar-refractivity contribution in [3.63, 3.8) is 0 Å². The van der Waals surface area contributed by atoms with Crippen molar-refractivity contribution in [2.45, 2.75) is 70.6 Å². The van der Waals surface area contributed by atoms with E-state index in [2.05, 4.69) is 5.32 Å². The molecule has 94 valence electrons. The van der Waals surface area contributed by atoms with E-state index >= 15 is 0 Å². The van der Waals surface area contributed by atoms with Gasteiger partial charge in [-0.15, -0.1) is 0 Å². The maximum absolute atomic E-state index is 3.71. The summed E-state index contributed by atoms with van der Waals surface area (Å²) in [6.45, 7) is 2.58. The Kier molecular flexibility index (Phi) is 5.68. The highest BCUT2D eigenvalue weighted by molar-refractivity contribution is 4.70. The van der Waals surface area contributed by atoms with E-state index < -0.39 is 0 Å². The molecule has 0 unspecified atom stereocenters. The zero-order valence-corrected chi connectivity index (χ0v) is 10.8. The first-order valence-electron chi connectivity index (χ1n) is 7.66. The Hall–Kier alpha value is -0.0400. The lowest BCUT2D eigenvalue weighted by Gasteiger charge is -2.16. The average Bonchev–Trinajstić information content (AvgIpc) is 2.68. The number of rotatable bonds is 5. The van der Waals surface area contributed by atoms with E-state index in [9.17, 15) is 0 Å². The molecule has 2 aliphatic rings. The van der Waals surface area contributed by atoms with Crippen LogP contribution in [0.15, 0.2) is 0 Å². The minimum atomic E-state index is 0.992. The number of hydrogen-bond donors (Lipinski definition) is 1. The predicted molar refractivity (Wildman–Crippen MR) is 70.6 cm³/mol.